The topological polar surface area (TPSA) is 101 Å². The third-order valence-corrected chi connectivity index (χ3v) is 9.09. The Balaban J connectivity index is 1.38. The van der Waals surface area contributed by atoms with Crippen LogP contribution in [-0.2, 0) is 33.3 Å². The van der Waals surface area contributed by atoms with Crippen molar-refractivity contribution in [3.05, 3.63) is 36.0 Å². The maximum Gasteiger partial charge on any atom is 0.409 e. The zero-order chi connectivity index (χ0) is 31.3. The van der Waals surface area contributed by atoms with Gasteiger partial charge in [0.05, 0.1) is 44.6 Å². The summed E-state index contributed by atoms with van der Waals surface area (Å²) in [7, 11) is 1.37. The first-order valence-electron chi connectivity index (χ1n) is 16.8. The number of unbranched alkanes of at least 4 members (excludes halogenated alkanes) is 2. The second-order valence-electron chi connectivity index (χ2n) is 13.0. The number of methoxy groups -OCH3 is 1. The van der Waals surface area contributed by atoms with Gasteiger partial charge in [0.25, 0.3) is 0 Å². The Labute approximate surface area is 263 Å². The molecule has 246 valence electrons. The van der Waals surface area contributed by atoms with E-state index >= 15 is 0 Å². The SMILES string of the molecule is COC(=O)/C=C1\CC2CC(=O)OC(/C=C/CCCCOC(=O)N3CCCC3)C(C)/C=C/C(C)CC3CCCC(CC(C1)O2)O3. The Morgan fingerprint density at radius 3 is 2.43 bits per heavy atom. The summed E-state index contributed by atoms with van der Waals surface area (Å²) >= 11 is 0. The number of hydrogen-bond donors (Lipinski definition) is 0. The van der Waals surface area contributed by atoms with Gasteiger partial charge >= 0.3 is 18.0 Å². The van der Waals surface area contributed by atoms with Crippen molar-refractivity contribution in [1.29, 1.82) is 0 Å². The molecule has 0 aromatic carbocycles. The van der Waals surface area contributed by atoms with Crippen molar-refractivity contribution >= 4 is 18.0 Å². The summed E-state index contributed by atoms with van der Waals surface area (Å²) in [6.45, 7) is 6.29. The maximum atomic E-state index is 13.3. The van der Waals surface area contributed by atoms with Crippen molar-refractivity contribution in [3.63, 3.8) is 0 Å². The molecule has 0 spiro atoms. The third-order valence-electron chi connectivity index (χ3n) is 9.09. The van der Waals surface area contributed by atoms with Gasteiger partial charge in [-0.05, 0) is 82.6 Å². The van der Waals surface area contributed by atoms with Gasteiger partial charge in [0.15, 0.2) is 0 Å². The van der Waals surface area contributed by atoms with E-state index in [1.165, 1.54) is 7.11 Å². The van der Waals surface area contributed by atoms with E-state index in [2.05, 4.69) is 32.1 Å². The lowest BCUT2D eigenvalue weighted by atomic mass is 9.89. The van der Waals surface area contributed by atoms with Crippen molar-refractivity contribution in [1.82, 2.24) is 4.90 Å². The summed E-state index contributed by atoms with van der Waals surface area (Å²) in [4.78, 5) is 39.1. The van der Waals surface area contributed by atoms with Gasteiger partial charge in [-0.15, -0.1) is 0 Å². The maximum absolute atomic E-state index is 13.3. The fraction of sp³-hybridized carbons (Fsp3) is 0.743. The van der Waals surface area contributed by atoms with Gasteiger partial charge in [-0.1, -0.05) is 37.6 Å². The van der Waals surface area contributed by atoms with Crippen LogP contribution in [0.2, 0.25) is 0 Å². The van der Waals surface area contributed by atoms with E-state index in [1.54, 1.807) is 11.0 Å². The fourth-order valence-electron chi connectivity index (χ4n) is 6.68. The predicted octanol–water partition coefficient (Wildman–Crippen LogP) is 6.45. The molecule has 3 saturated heterocycles. The van der Waals surface area contributed by atoms with E-state index in [4.69, 9.17) is 23.7 Å². The van der Waals surface area contributed by atoms with E-state index in [1.807, 2.05) is 6.08 Å². The van der Waals surface area contributed by atoms with Gasteiger partial charge in [-0.25, -0.2) is 9.59 Å². The van der Waals surface area contributed by atoms with Crippen LogP contribution in [-0.4, -0.2) is 80.3 Å². The lowest BCUT2D eigenvalue weighted by Crippen LogP contribution is -2.37. The molecule has 0 saturated carbocycles. The molecule has 7 unspecified atom stereocenters. The number of likely N-dealkylation sites (tertiary alicyclic amines) is 1. The average Bonchev–Trinajstić information content (AvgIpc) is 3.54. The third kappa shape index (κ3) is 11.4. The average molecular weight is 616 g/mol. The quantitative estimate of drug-likeness (QED) is 0.106. The number of rotatable bonds is 7. The summed E-state index contributed by atoms with van der Waals surface area (Å²) in [6, 6.07) is 0. The number of carbonyl (C=O) groups is 3. The van der Waals surface area contributed by atoms with Gasteiger partial charge < -0.3 is 28.6 Å². The smallest absolute Gasteiger partial charge is 0.409 e. The molecule has 0 N–H and O–H groups in total. The fourth-order valence-corrected chi connectivity index (χ4v) is 6.68. The van der Waals surface area contributed by atoms with Crippen LogP contribution in [0.25, 0.3) is 0 Å². The number of esters is 2. The predicted molar refractivity (Wildman–Crippen MR) is 167 cm³/mol. The number of fused-ring (bicyclic) bond motifs is 4. The summed E-state index contributed by atoms with van der Waals surface area (Å²) in [6.07, 6.45) is 19.9. The van der Waals surface area contributed by atoms with Gasteiger partial charge in [-0.2, -0.15) is 0 Å². The van der Waals surface area contributed by atoms with Crippen LogP contribution in [0, 0.1) is 11.8 Å². The molecule has 9 heteroatoms. The van der Waals surface area contributed by atoms with E-state index in [9.17, 15) is 14.4 Å². The van der Waals surface area contributed by atoms with Gasteiger partial charge in [-0.3, -0.25) is 4.79 Å². The first kappa shape index (κ1) is 34.2. The standard InChI is InChI=1S/C35H53NO8/c1-25-14-15-26(2)32(13-6-4-5-9-18-41-35(39)36-16-7-8-17-36)44-34(38)24-31-21-27(22-33(37)40-3)20-30(43-31)23-29-12-10-11-28(19-25)42-29/h6,13-15,22,25-26,28-32H,4-5,7-12,16-21,23-24H2,1-3H3/b13-6+,15-14+,27-22-. The Morgan fingerprint density at radius 2 is 1.66 bits per heavy atom. The monoisotopic (exact) mass is 615 g/mol. The Morgan fingerprint density at radius 1 is 0.932 bits per heavy atom. The van der Waals surface area contributed by atoms with Crippen molar-refractivity contribution in [3.8, 4) is 0 Å². The van der Waals surface area contributed by atoms with Crippen LogP contribution in [0.4, 0.5) is 4.79 Å². The van der Waals surface area contributed by atoms with Crippen LogP contribution >= 0.6 is 0 Å². The molecule has 4 rings (SSSR count). The number of allylic oxidation sites excluding steroid dienone is 2. The van der Waals surface area contributed by atoms with E-state index < -0.39 is 6.10 Å². The van der Waals surface area contributed by atoms with E-state index in [0.29, 0.717) is 25.4 Å². The first-order chi connectivity index (χ1) is 21.3. The molecule has 0 aromatic rings. The molecule has 4 aliphatic heterocycles. The van der Waals surface area contributed by atoms with Crippen LogP contribution in [0.3, 0.4) is 0 Å². The van der Waals surface area contributed by atoms with E-state index in [0.717, 1.165) is 82.9 Å². The van der Waals surface area contributed by atoms with Crippen LogP contribution in [0.15, 0.2) is 36.0 Å². The molecule has 7 atom stereocenters. The van der Waals surface area contributed by atoms with Crippen LogP contribution in [0.1, 0.15) is 97.3 Å². The summed E-state index contributed by atoms with van der Waals surface area (Å²) in [5, 5.41) is 0. The zero-order valence-electron chi connectivity index (χ0n) is 27.0. The zero-order valence-corrected chi connectivity index (χ0v) is 27.0. The minimum absolute atomic E-state index is 0.0122. The number of ether oxygens (including phenoxy) is 5. The second kappa shape index (κ2) is 17.7. The van der Waals surface area contributed by atoms with Gasteiger partial charge in [0.2, 0.25) is 0 Å². The van der Waals surface area contributed by atoms with Crippen LogP contribution < -0.4 is 0 Å². The number of carbonyl (C=O) groups excluding carboxylic acids is 3. The highest BCUT2D eigenvalue weighted by atomic mass is 16.6. The Hall–Kier alpha value is -2.65. The molecule has 0 aliphatic carbocycles. The highest BCUT2D eigenvalue weighted by molar-refractivity contribution is 5.82. The molecule has 44 heavy (non-hydrogen) atoms. The molecule has 0 aromatic heterocycles. The molecule has 1 amide bonds. The number of hydrogen-bond acceptors (Lipinski definition) is 8. The minimum atomic E-state index is -0.411. The summed E-state index contributed by atoms with van der Waals surface area (Å²) < 4.78 is 29.3. The van der Waals surface area contributed by atoms with Gasteiger partial charge in [0, 0.05) is 31.5 Å². The molecular weight excluding hydrogens is 562 g/mol. The van der Waals surface area contributed by atoms with Gasteiger partial charge in [0.1, 0.15) is 6.10 Å². The molecule has 4 aliphatic rings. The Bertz CT molecular complexity index is 1030. The molecule has 4 heterocycles. The molecular formula is C35H53NO8. The minimum Gasteiger partial charge on any atom is -0.466 e. The largest absolute Gasteiger partial charge is 0.466 e. The van der Waals surface area contributed by atoms with Crippen molar-refractivity contribution in [2.75, 3.05) is 26.8 Å². The molecule has 3 fully saturated rings. The highest BCUT2D eigenvalue weighted by Gasteiger charge is 2.33. The lowest BCUT2D eigenvalue weighted by molar-refractivity contribution is -0.154. The summed E-state index contributed by atoms with van der Waals surface area (Å²) in [5.74, 6) is -0.377. The van der Waals surface area contributed by atoms with Crippen molar-refractivity contribution < 1.29 is 38.1 Å². The first-order valence-corrected chi connectivity index (χ1v) is 16.8. The van der Waals surface area contributed by atoms with Crippen molar-refractivity contribution in [2.45, 2.75) is 128 Å². The normalized spacial score (nSPS) is 33.6. The molecule has 9 nitrogen and oxygen atoms in total. The molecule has 4 bridgehead atoms. The number of nitrogens with zero attached hydrogens (tertiary/aromatic N) is 1. The lowest BCUT2D eigenvalue weighted by Gasteiger charge is -2.37. The Kier molecular flexibility index (Phi) is 13.8. The highest BCUT2D eigenvalue weighted by Crippen LogP contribution is 2.33. The summed E-state index contributed by atoms with van der Waals surface area (Å²) in [5.41, 5.74) is 0.937. The second-order valence-corrected chi connectivity index (χ2v) is 13.0. The number of cyclic esters (lactones) is 1. The van der Waals surface area contributed by atoms with Crippen molar-refractivity contribution in [2.24, 2.45) is 11.8 Å². The van der Waals surface area contributed by atoms with Crippen LogP contribution in [0.5, 0.6) is 0 Å². The molecule has 0 radical (unpaired) electrons. The van der Waals surface area contributed by atoms with E-state index in [-0.39, 0.29) is 54.8 Å². The number of amides is 1.